The predicted octanol–water partition coefficient (Wildman–Crippen LogP) is 1.64. The molecule has 0 atom stereocenters. The lowest BCUT2D eigenvalue weighted by atomic mass is 10.2. The molecule has 0 bridgehead atoms. The summed E-state index contributed by atoms with van der Waals surface area (Å²) in [4.78, 5) is 22.6. The van der Waals surface area contributed by atoms with E-state index < -0.39 is 0 Å². The number of anilines is 1. The van der Waals surface area contributed by atoms with E-state index in [2.05, 4.69) is 11.1 Å². The number of nitriles is 1. The average Bonchev–Trinajstić information content (AvgIpc) is 3.09. The van der Waals surface area contributed by atoms with Crippen LogP contribution in [0.5, 0.6) is 5.75 Å². The fourth-order valence-electron chi connectivity index (χ4n) is 3.37. The number of piperazine rings is 1. The average molecular weight is 383 g/mol. The van der Waals surface area contributed by atoms with Crippen molar-refractivity contribution in [2.75, 3.05) is 51.8 Å². The maximum absolute atomic E-state index is 12.7. The molecule has 1 aliphatic rings. The zero-order valence-electron chi connectivity index (χ0n) is 16.5. The number of carbonyl (C=O) groups is 1. The molecule has 1 amide bonds. The highest BCUT2D eigenvalue weighted by Gasteiger charge is 2.26. The Bertz CT molecular complexity index is 865. The second-order valence-electron chi connectivity index (χ2n) is 6.85. The number of rotatable bonds is 6. The van der Waals surface area contributed by atoms with E-state index in [4.69, 9.17) is 9.15 Å². The van der Waals surface area contributed by atoms with E-state index in [0.717, 1.165) is 11.3 Å². The summed E-state index contributed by atoms with van der Waals surface area (Å²) in [5, 5.41) is 9.18. The molecule has 8 heteroatoms. The number of benzene rings is 1. The van der Waals surface area contributed by atoms with Gasteiger partial charge in [0.1, 0.15) is 11.8 Å². The SMILES string of the molecule is COc1ccccc1CN(C)CC(=O)N1CCN(c2oc(C)nc2C#N)CC1. The van der Waals surface area contributed by atoms with Gasteiger partial charge in [0.2, 0.25) is 17.5 Å². The lowest BCUT2D eigenvalue weighted by Crippen LogP contribution is -2.51. The Morgan fingerprint density at radius 1 is 1.32 bits per heavy atom. The van der Waals surface area contributed by atoms with Crippen molar-refractivity contribution in [3.8, 4) is 11.8 Å². The van der Waals surface area contributed by atoms with E-state index in [1.165, 1.54) is 0 Å². The highest BCUT2D eigenvalue weighted by molar-refractivity contribution is 5.78. The normalized spacial score (nSPS) is 14.2. The summed E-state index contributed by atoms with van der Waals surface area (Å²) >= 11 is 0. The molecule has 0 unspecified atom stereocenters. The number of carbonyl (C=O) groups excluding carboxylic acids is 1. The minimum Gasteiger partial charge on any atom is -0.496 e. The van der Waals surface area contributed by atoms with Gasteiger partial charge in [-0.3, -0.25) is 9.69 Å². The molecule has 0 radical (unpaired) electrons. The fourth-order valence-corrected chi connectivity index (χ4v) is 3.37. The first kappa shape index (κ1) is 19.7. The Labute approximate surface area is 164 Å². The molecular formula is C20H25N5O3. The van der Waals surface area contributed by atoms with Crippen molar-refractivity contribution >= 4 is 11.8 Å². The van der Waals surface area contributed by atoms with Crippen LogP contribution in [0.25, 0.3) is 0 Å². The number of hydrogen-bond donors (Lipinski definition) is 0. The maximum Gasteiger partial charge on any atom is 0.236 e. The lowest BCUT2D eigenvalue weighted by Gasteiger charge is -2.35. The Balaban J connectivity index is 1.53. The molecule has 1 saturated heterocycles. The molecule has 1 aromatic heterocycles. The number of aryl methyl sites for hydroxylation is 1. The molecule has 3 rings (SSSR count). The number of oxazole rings is 1. The van der Waals surface area contributed by atoms with Crippen LogP contribution in [-0.2, 0) is 11.3 Å². The van der Waals surface area contributed by atoms with Crippen LogP contribution in [0.15, 0.2) is 28.7 Å². The first-order chi connectivity index (χ1) is 13.5. The Morgan fingerprint density at radius 2 is 2.04 bits per heavy atom. The molecule has 0 saturated carbocycles. The van der Waals surface area contributed by atoms with Gasteiger partial charge in [-0.05, 0) is 13.1 Å². The van der Waals surface area contributed by atoms with Crippen LogP contribution in [-0.4, -0.2) is 67.6 Å². The molecular weight excluding hydrogens is 358 g/mol. The van der Waals surface area contributed by atoms with Gasteiger partial charge in [-0.25, -0.2) is 4.98 Å². The maximum atomic E-state index is 12.7. The van der Waals surface area contributed by atoms with E-state index in [1.54, 1.807) is 14.0 Å². The summed E-state index contributed by atoms with van der Waals surface area (Å²) < 4.78 is 10.9. The summed E-state index contributed by atoms with van der Waals surface area (Å²) in [5.41, 5.74) is 1.35. The second-order valence-corrected chi connectivity index (χ2v) is 6.85. The lowest BCUT2D eigenvalue weighted by molar-refractivity contribution is -0.132. The van der Waals surface area contributed by atoms with E-state index >= 15 is 0 Å². The van der Waals surface area contributed by atoms with E-state index in [1.807, 2.05) is 46.0 Å². The molecule has 0 N–H and O–H groups in total. The number of hydrogen-bond acceptors (Lipinski definition) is 7. The number of amides is 1. The number of nitrogens with zero attached hydrogens (tertiary/aromatic N) is 5. The Morgan fingerprint density at radius 3 is 2.71 bits per heavy atom. The van der Waals surface area contributed by atoms with Crippen LogP contribution in [0.2, 0.25) is 0 Å². The summed E-state index contributed by atoms with van der Waals surface area (Å²) in [6.45, 7) is 5.11. The molecule has 2 heterocycles. The molecule has 1 aromatic carbocycles. The molecule has 8 nitrogen and oxygen atoms in total. The van der Waals surface area contributed by atoms with Crippen LogP contribution < -0.4 is 9.64 Å². The van der Waals surface area contributed by atoms with Gasteiger partial charge >= 0.3 is 0 Å². The van der Waals surface area contributed by atoms with Crippen LogP contribution in [0, 0.1) is 18.3 Å². The molecule has 0 spiro atoms. The zero-order valence-corrected chi connectivity index (χ0v) is 16.5. The summed E-state index contributed by atoms with van der Waals surface area (Å²) in [6, 6.07) is 9.89. The minimum absolute atomic E-state index is 0.0892. The third-order valence-electron chi connectivity index (χ3n) is 4.78. The molecule has 2 aromatic rings. The first-order valence-electron chi connectivity index (χ1n) is 9.22. The third-order valence-corrected chi connectivity index (χ3v) is 4.78. The van der Waals surface area contributed by atoms with E-state index in [9.17, 15) is 10.1 Å². The van der Waals surface area contributed by atoms with Gasteiger partial charge in [0.15, 0.2) is 5.89 Å². The summed E-state index contributed by atoms with van der Waals surface area (Å²) in [5.74, 6) is 1.89. The van der Waals surface area contributed by atoms with Gasteiger partial charge in [-0.15, -0.1) is 0 Å². The van der Waals surface area contributed by atoms with Crippen molar-refractivity contribution in [2.45, 2.75) is 13.5 Å². The highest BCUT2D eigenvalue weighted by Crippen LogP contribution is 2.23. The van der Waals surface area contributed by atoms with Crippen molar-refractivity contribution in [1.29, 1.82) is 5.26 Å². The molecule has 0 aliphatic carbocycles. The highest BCUT2D eigenvalue weighted by atomic mass is 16.5. The number of para-hydroxylation sites is 1. The van der Waals surface area contributed by atoms with Crippen molar-refractivity contribution in [3.63, 3.8) is 0 Å². The topological polar surface area (TPSA) is 85.8 Å². The first-order valence-corrected chi connectivity index (χ1v) is 9.22. The van der Waals surface area contributed by atoms with Crippen LogP contribution in [0.3, 0.4) is 0 Å². The third kappa shape index (κ3) is 4.43. The quantitative estimate of drug-likeness (QED) is 0.750. The number of likely N-dealkylation sites (N-methyl/N-ethyl adjacent to an activating group) is 1. The summed E-state index contributed by atoms with van der Waals surface area (Å²) in [6.07, 6.45) is 0. The molecule has 1 aliphatic heterocycles. The standard InChI is InChI=1S/C20H25N5O3/c1-15-22-17(12-21)20(28-15)25-10-8-24(9-11-25)19(26)14-23(2)13-16-6-4-5-7-18(16)27-3/h4-7H,8-11,13-14H2,1-3H3. The smallest absolute Gasteiger partial charge is 0.236 e. The summed E-state index contributed by atoms with van der Waals surface area (Å²) in [7, 11) is 3.58. The van der Waals surface area contributed by atoms with Crippen molar-refractivity contribution < 1.29 is 13.9 Å². The number of aromatic nitrogens is 1. The van der Waals surface area contributed by atoms with E-state index in [-0.39, 0.29) is 5.91 Å². The minimum atomic E-state index is 0.0892. The van der Waals surface area contributed by atoms with Gasteiger partial charge in [-0.1, -0.05) is 18.2 Å². The van der Waals surface area contributed by atoms with Crippen LogP contribution in [0.1, 0.15) is 17.1 Å². The predicted molar refractivity (Wildman–Crippen MR) is 104 cm³/mol. The Hall–Kier alpha value is -3.05. The number of ether oxygens (including phenoxy) is 1. The fraction of sp³-hybridized carbons (Fsp3) is 0.450. The molecule has 28 heavy (non-hydrogen) atoms. The van der Waals surface area contributed by atoms with Crippen molar-refractivity contribution in [2.24, 2.45) is 0 Å². The number of methoxy groups -OCH3 is 1. The van der Waals surface area contributed by atoms with Crippen LogP contribution in [0.4, 0.5) is 5.88 Å². The van der Waals surface area contributed by atoms with Gasteiger partial charge in [-0.2, -0.15) is 5.26 Å². The molecule has 1 fully saturated rings. The van der Waals surface area contributed by atoms with Gasteiger partial charge in [0.05, 0.1) is 13.7 Å². The van der Waals surface area contributed by atoms with Gasteiger partial charge in [0, 0.05) is 45.2 Å². The van der Waals surface area contributed by atoms with Crippen molar-refractivity contribution in [3.05, 3.63) is 41.4 Å². The van der Waals surface area contributed by atoms with Crippen molar-refractivity contribution in [1.82, 2.24) is 14.8 Å². The van der Waals surface area contributed by atoms with Crippen LogP contribution >= 0.6 is 0 Å². The monoisotopic (exact) mass is 383 g/mol. The zero-order chi connectivity index (χ0) is 20.1. The Kier molecular flexibility index (Phi) is 6.16. The van der Waals surface area contributed by atoms with Gasteiger partial charge < -0.3 is 19.0 Å². The van der Waals surface area contributed by atoms with Gasteiger partial charge in [0.25, 0.3) is 0 Å². The second kappa shape index (κ2) is 8.76. The largest absolute Gasteiger partial charge is 0.496 e. The van der Waals surface area contributed by atoms with E-state index in [0.29, 0.717) is 56.7 Å². The molecule has 148 valence electrons.